The summed E-state index contributed by atoms with van der Waals surface area (Å²) in [6, 6.07) is 9.98. The topological polar surface area (TPSA) is 120 Å². The largest absolute Gasteiger partial charge is 0.493 e. The highest BCUT2D eigenvalue weighted by atomic mass is 32.2. The Morgan fingerprint density at radius 3 is 2.44 bits per heavy atom. The molecule has 0 spiro atoms. The summed E-state index contributed by atoms with van der Waals surface area (Å²) in [6.07, 6.45) is 1.29. The SMILES string of the molecule is COc1ccc(/C=N\NC(N)=O)cc1OS(=O)(=O)c1ccc(C)cc1. The molecule has 25 heavy (non-hydrogen) atoms. The van der Waals surface area contributed by atoms with E-state index in [1.807, 2.05) is 12.3 Å². The first-order valence-electron chi connectivity index (χ1n) is 7.09. The van der Waals surface area contributed by atoms with E-state index in [2.05, 4.69) is 5.10 Å². The maximum absolute atomic E-state index is 12.4. The second-order valence-corrected chi connectivity index (χ2v) is 6.54. The van der Waals surface area contributed by atoms with Crippen molar-refractivity contribution in [1.82, 2.24) is 5.43 Å². The van der Waals surface area contributed by atoms with E-state index in [1.165, 1.54) is 37.6 Å². The summed E-state index contributed by atoms with van der Waals surface area (Å²) < 4.78 is 35.1. The first kappa shape index (κ1) is 18.3. The van der Waals surface area contributed by atoms with Crippen LogP contribution in [0.3, 0.4) is 0 Å². The highest BCUT2D eigenvalue weighted by Crippen LogP contribution is 2.30. The van der Waals surface area contributed by atoms with Gasteiger partial charge < -0.3 is 14.7 Å². The number of amides is 2. The number of hydrogen-bond acceptors (Lipinski definition) is 6. The number of nitrogens with one attached hydrogen (secondary N) is 1. The molecule has 0 fully saturated rings. The second kappa shape index (κ2) is 7.67. The average molecular weight is 363 g/mol. The van der Waals surface area contributed by atoms with Crippen molar-refractivity contribution >= 4 is 22.4 Å². The normalized spacial score (nSPS) is 11.3. The number of ether oxygens (including phenoxy) is 1. The molecule has 0 aliphatic heterocycles. The molecule has 9 heteroatoms. The van der Waals surface area contributed by atoms with Gasteiger partial charge in [-0.05, 0) is 42.8 Å². The van der Waals surface area contributed by atoms with Crippen LogP contribution < -0.4 is 20.1 Å². The van der Waals surface area contributed by atoms with Crippen molar-refractivity contribution in [2.75, 3.05) is 7.11 Å². The number of carbonyl (C=O) groups is 1. The lowest BCUT2D eigenvalue weighted by Gasteiger charge is -2.11. The zero-order valence-corrected chi connectivity index (χ0v) is 14.4. The molecular weight excluding hydrogens is 346 g/mol. The average Bonchev–Trinajstić information content (AvgIpc) is 2.55. The minimum Gasteiger partial charge on any atom is -0.493 e. The summed E-state index contributed by atoms with van der Waals surface area (Å²) in [6.45, 7) is 1.85. The molecular formula is C16H17N3O5S. The van der Waals surface area contributed by atoms with E-state index in [4.69, 9.17) is 14.7 Å². The molecule has 0 radical (unpaired) electrons. The number of nitrogens with two attached hydrogens (primary N) is 1. The molecule has 0 aliphatic rings. The Labute approximate surface area is 145 Å². The molecule has 3 N–H and O–H groups in total. The molecule has 2 aromatic rings. The molecule has 0 unspecified atom stereocenters. The molecule has 0 bridgehead atoms. The second-order valence-electron chi connectivity index (χ2n) is 5.00. The molecule has 0 atom stereocenters. The maximum Gasteiger partial charge on any atom is 0.339 e. The number of nitrogens with zero attached hydrogens (tertiary/aromatic N) is 1. The quantitative estimate of drug-likeness (QED) is 0.460. The Kier molecular flexibility index (Phi) is 5.60. The molecule has 132 valence electrons. The number of hydrazone groups is 1. The third-order valence-electron chi connectivity index (χ3n) is 3.09. The lowest BCUT2D eigenvalue weighted by molar-refractivity contribution is 0.249. The number of benzene rings is 2. The monoisotopic (exact) mass is 363 g/mol. The van der Waals surface area contributed by atoms with Gasteiger partial charge in [-0.3, -0.25) is 0 Å². The molecule has 0 heterocycles. The van der Waals surface area contributed by atoms with Crippen molar-refractivity contribution in [3.63, 3.8) is 0 Å². The van der Waals surface area contributed by atoms with Gasteiger partial charge in [-0.2, -0.15) is 13.5 Å². The Morgan fingerprint density at radius 2 is 1.84 bits per heavy atom. The Bertz CT molecular complexity index is 892. The summed E-state index contributed by atoms with van der Waals surface area (Å²) in [7, 11) is -2.64. The molecule has 2 aromatic carbocycles. The first-order chi connectivity index (χ1) is 11.8. The Balaban J connectivity index is 2.31. The Hall–Kier alpha value is -3.07. The standard InChI is InChI=1S/C16H17N3O5S/c1-11-3-6-13(7-4-11)25(21,22)24-15-9-12(5-8-14(15)23-2)10-18-19-16(17)20/h3-10H,1-2H3,(H3,17,19,20)/b18-10-. The first-order valence-corrected chi connectivity index (χ1v) is 8.50. The van der Waals surface area contributed by atoms with Crippen LogP contribution in [-0.2, 0) is 10.1 Å². The van der Waals surface area contributed by atoms with Crippen LogP contribution in [0.4, 0.5) is 4.79 Å². The number of primary amides is 1. The fourth-order valence-corrected chi connectivity index (χ4v) is 2.81. The Morgan fingerprint density at radius 1 is 1.16 bits per heavy atom. The zero-order valence-electron chi connectivity index (χ0n) is 13.6. The van der Waals surface area contributed by atoms with Gasteiger partial charge in [-0.15, -0.1) is 0 Å². The van der Waals surface area contributed by atoms with Crippen molar-refractivity contribution in [3.8, 4) is 11.5 Å². The summed E-state index contributed by atoms with van der Waals surface area (Å²) in [5.41, 5.74) is 8.35. The van der Waals surface area contributed by atoms with E-state index in [0.717, 1.165) is 5.56 Å². The van der Waals surface area contributed by atoms with Crippen molar-refractivity contribution in [3.05, 3.63) is 53.6 Å². The molecule has 0 aromatic heterocycles. The summed E-state index contributed by atoms with van der Waals surface area (Å²) in [5.74, 6) is 0.224. The maximum atomic E-state index is 12.4. The van der Waals surface area contributed by atoms with Crippen LogP contribution in [0.15, 0.2) is 52.5 Å². The van der Waals surface area contributed by atoms with E-state index in [1.54, 1.807) is 18.2 Å². The van der Waals surface area contributed by atoms with Gasteiger partial charge in [-0.25, -0.2) is 10.2 Å². The van der Waals surface area contributed by atoms with Gasteiger partial charge in [0.15, 0.2) is 11.5 Å². The van der Waals surface area contributed by atoms with Gasteiger partial charge >= 0.3 is 16.1 Å². The van der Waals surface area contributed by atoms with Gasteiger partial charge in [0.25, 0.3) is 0 Å². The molecule has 0 aliphatic carbocycles. The molecule has 0 saturated carbocycles. The molecule has 0 saturated heterocycles. The van der Waals surface area contributed by atoms with E-state index >= 15 is 0 Å². The predicted octanol–water partition coefficient (Wildman–Crippen LogP) is 1.77. The van der Waals surface area contributed by atoms with Crippen LogP contribution in [0.1, 0.15) is 11.1 Å². The fraction of sp³-hybridized carbons (Fsp3) is 0.125. The zero-order chi connectivity index (χ0) is 18.4. The van der Waals surface area contributed by atoms with Gasteiger partial charge in [0.1, 0.15) is 4.90 Å². The lowest BCUT2D eigenvalue weighted by Crippen LogP contribution is -2.24. The van der Waals surface area contributed by atoms with Crippen LogP contribution in [0.2, 0.25) is 0 Å². The van der Waals surface area contributed by atoms with Crippen molar-refractivity contribution in [2.24, 2.45) is 10.8 Å². The summed E-state index contributed by atoms with van der Waals surface area (Å²) >= 11 is 0. The third-order valence-corrected chi connectivity index (χ3v) is 4.33. The number of methoxy groups -OCH3 is 1. The number of rotatable bonds is 6. The van der Waals surface area contributed by atoms with Crippen molar-refractivity contribution in [2.45, 2.75) is 11.8 Å². The molecule has 2 amide bonds. The van der Waals surface area contributed by atoms with Crippen molar-refractivity contribution < 1.29 is 22.1 Å². The number of urea groups is 1. The van der Waals surface area contributed by atoms with Gasteiger partial charge in [0.2, 0.25) is 0 Å². The van der Waals surface area contributed by atoms with Crippen LogP contribution in [0.25, 0.3) is 0 Å². The summed E-state index contributed by atoms with van der Waals surface area (Å²) in [4.78, 5) is 10.6. The highest BCUT2D eigenvalue weighted by molar-refractivity contribution is 7.87. The number of carbonyl (C=O) groups excluding carboxylic acids is 1. The van der Waals surface area contributed by atoms with Gasteiger partial charge in [0, 0.05) is 0 Å². The van der Waals surface area contributed by atoms with Crippen LogP contribution in [0, 0.1) is 6.92 Å². The summed E-state index contributed by atoms with van der Waals surface area (Å²) in [5, 5.41) is 3.61. The molecule has 2 rings (SSSR count). The number of aryl methyl sites for hydroxylation is 1. The minimum atomic E-state index is -4.03. The van der Waals surface area contributed by atoms with E-state index in [-0.39, 0.29) is 16.4 Å². The highest BCUT2D eigenvalue weighted by Gasteiger charge is 2.19. The smallest absolute Gasteiger partial charge is 0.339 e. The number of hydrogen-bond donors (Lipinski definition) is 2. The lowest BCUT2D eigenvalue weighted by atomic mass is 10.2. The third kappa shape index (κ3) is 4.95. The van der Waals surface area contributed by atoms with Gasteiger partial charge in [0.05, 0.1) is 13.3 Å². The van der Waals surface area contributed by atoms with Crippen LogP contribution >= 0.6 is 0 Å². The molecule has 8 nitrogen and oxygen atoms in total. The van der Waals surface area contributed by atoms with E-state index in [9.17, 15) is 13.2 Å². The van der Waals surface area contributed by atoms with Crippen molar-refractivity contribution in [1.29, 1.82) is 0 Å². The van der Waals surface area contributed by atoms with Crippen LogP contribution in [0.5, 0.6) is 11.5 Å². The van der Waals surface area contributed by atoms with E-state index in [0.29, 0.717) is 5.56 Å². The van der Waals surface area contributed by atoms with Gasteiger partial charge in [-0.1, -0.05) is 17.7 Å². The minimum absolute atomic E-state index is 0.00824. The van der Waals surface area contributed by atoms with E-state index < -0.39 is 16.1 Å². The predicted molar refractivity (Wildman–Crippen MR) is 92.3 cm³/mol. The fourth-order valence-electron chi connectivity index (χ4n) is 1.88. The van der Waals surface area contributed by atoms with Crippen LogP contribution in [-0.4, -0.2) is 27.8 Å².